The lowest BCUT2D eigenvalue weighted by Crippen LogP contribution is -2.04. The van der Waals surface area contributed by atoms with Crippen molar-refractivity contribution in [2.24, 2.45) is 0 Å². The smallest absolute Gasteiger partial charge is 0.243 e. The maximum absolute atomic E-state index is 11.7. The Balaban J connectivity index is 1.97. The summed E-state index contributed by atoms with van der Waals surface area (Å²) in [4.78, 5) is 16.5. The average molecular weight is 352 g/mol. The van der Waals surface area contributed by atoms with Crippen LogP contribution in [0.4, 0.5) is 0 Å². The van der Waals surface area contributed by atoms with Crippen molar-refractivity contribution in [3.05, 3.63) is 71.9 Å². The molecule has 0 fully saturated rings. The molecule has 4 aromatic rings. The van der Waals surface area contributed by atoms with Gasteiger partial charge in [0.05, 0.1) is 23.5 Å². The standard InChI is InChI=1S/C22H16N4O/c1-14-3-7-18(8-4-14)22-19(17-9-5-16(12-23)6-10-17)11-20-21(24-22)13-26(25-20)15(2)27/h3-11,13H,1-2H3. The predicted molar refractivity (Wildman–Crippen MR) is 104 cm³/mol. The van der Waals surface area contributed by atoms with E-state index in [4.69, 9.17) is 10.2 Å². The summed E-state index contributed by atoms with van der Waals surface area (Å²) in [5, 5.41) is 13.4. The van der Waals surface area contributed by atoms with Crippen molar-refractivity contribution in [1.82, 2.24) is 14.8 Å². The quantitative estimate of drug-likeness (QED) is 0.528. The molecule has 0 aliphatic carbocycles. The van der Waals surface area contributed by atoms with E-state index in [1.165, 1.54) is 17.2 Å². The highest BCUT2D eigenvalue weighted by atomic mass is 16.2. The van der Waals surface area contributed by atoms with E-state index in [-0.39, 0.29) is 5.91 Å². The third-order valence-corrected chi connectivity index (χ3v) is 4.46. The van der Waals surface area contributed by atoms with Gasteiger partial charge in [-0.05, 0) is 30.7 Å². The van der Waals surface area contributed by atoms with Gasteiger partial charge >= 0.3 is 0 Å². The van der Waals surface area contributed by atoms with Gasteiger partial charge in [0.1, 0.15) is 11.0 Å². The molecule has 27 heavy (non-hydrogen) atoms. The molecule has 0 aliphatic heterocycles. The van der Waals surface area contributed by atoms with Crippen LogP contribution in [0.15, 0.2) is 60.8 Å². The third kappa shape index (κ3) is 3.09. The first kappa shape index (κ1) is 16.7. The number of nitrogens with zero attached hydrogens (tertiary/aromatic N) is 4. The van der Waals surface area contributed by atoms with Crippen LogP contribution in [0.5, 0.6) is 0 Å². The van der Waals surface area contributed by atoms with E-state index < -0.39 is 0 Å². The van der Waals surface area contributed by atoms with Gasteiger partial charge in [-0.2, -0.15) is 10.4 Å². The largest absolute Gasteiger partial charge is 0.273 e. The van der Waals surface area contributed by atoms with E-state index in [1.807, 2.05) is 49.4 Å². The number of nitriles is 1. The molecule has 2 heterocycles. The Morgan fingerprint density at radius 1 is 1.00 bits per heavy atom. The van der Waals surface area contributed by atoms with E-state index >= 15 is 0 Å². The van der Waals surface area contributed by atoms with Gasteiger partial charge in [0.25, 0.3) is 0 Å². The van der Waals surface area contributed by atoms with Gasteiger partial charge in [0.15, 0.2) is 0 Å². The van der Waals surface area contributed by atoms with Gasteiger partial charge in [0.2, 0.25) is 5.91 Å². The molecule has 0 aliphatic rings. The molecule has 0 N–H and O–H groups in total. The van der Waals surface area contributed by atoms with Crippen LogP contribution in [-0.2, 0) is 0 Å². The van der Waals surface area contributed by atoms with Crippen molar-refractivity contribution in [2.45, 2.75) is 13.8 Å². The SMILES string of the molecule is CC(=O)n1cc2nc(-c3ccc(C)cc3)c(-c3ccc(C#N)cc3)cc2n1. The van der Waals surface area contributed by atoms with Crippen LogP contribution in [-0.4, -0.2) is 20.7 Å². The summed E-state index contributed by atoms with van der Waals surface area (Å²) in [5.41, 5.74) is 6.74. The summed E-state index contributed by atoms with van der Waals surface area (Å²) in [6.45, 7) is 3.51. The number of aromatic nitrogens is 3. The van der Waals surface area contributed by atoms with E-state index in [1.54, 1.807) is 18.3 Å². The summed E-state index contributed by atoms with van der Waals surface area (Å²) in [6.07, 6.45) is 1.65. The summed E-state index contributed by atoms with van der Waals surface area (Å²) >= 11 is 0. The molecule has 5 heteroatoms. The second kappa shape index (κ2) is 6.50. The normalized spacial score (nSPS) is 10.7. The lowest BCUT2D eigenvalue weighted by molar-refractivity contribution is 0.0922. The molecule has 4 rings (SSSR count). The number of pyridine rings is 1. The van der Waals surface area contributed by atoms with Crippen LogP contribution >= 0.6 is 0 Å². The second-order valence-corrected chi connectivity index (χ2v) is 6.44. The molecule has 0 spiro atoms. The molecule has 0 amide bonds. The Labute approximate surface area is 156 Å². The molecule has 0 unspecified atom stereocenters. The third-order valence-electron chi connectivity index (χ3n) is 4.46. The summed E-state index contributed by atoms with van der Waals surface area (Å²) < 4.78 is 1.30. The van der Waals surface area contributed by atoms with E-state index in [0.717, 1.165) is 22.4 Å². The molecule has 5 nitrogen and oxygen atoms in total. The minimum atomic E-state index is -0.162. The highest BCUT2D eigenvalue weighted by Gasteiger charge is 2.14. The molecule has 0 saturated heterocycles. The average Bonchev–Trinajstić information content (AvgIpc) is 3.11. The zero-order chi connectivity index (χ0) is 19.0. The van der Waals surface area contributed by atoms with Crippen LogP contribution in [0, 0.1) is 18.3 Å². The second-order valence-electron chi connectivity index (χ2n) is 6.44. The number of fused-ring (bicyclic) bond motifs is 1. The minimum absolute atomic E-state index is 0.162. The number of hydrogen-bond acceptors (Lipinski definition) is 4. The molecular formula is C22H16N4O. The van der Waals surface area contributed by atoms with Gasteiger partial charge in [-0.3, -0.25) is 4.79 Å². The summed E-state index contributed by atoms with van der Waals surface area (Å²) in [5.74, 6) is -0.162. The van der Waals surface area contributed by atoms with Crippen LogP contribution in [0.25, 0.3) is 33.4 Å². The molecule has 0 radical (unpaired) electrons. The summed E-state index contributed by atoms with van der Waals surface area (Å²) in [7, 11) is 0. The van der Waals surface area contributed by atoms with Crippen LogP contribution in [0.2, 0.25) is 0 Å². The highest BCUT2D eigenvalue weighted by molar-refractivity contribution is 5.91. The van der Waals surface area contributed by atoms with Crippen molar-refractivity contribution in [1.29, 1.82) is 5.26 Å². The van der Waals surface area contributed by atoms with Crippen LogP contribution in [0.1, 0.15) is 22.8 Å². The van der Waals surface area contributed by atoms with Gasteiger partial charge < -0.3 is 0 Å². The first-order valence-corrected chi connectivity index (χ1v) is 8.54. The predicted octanol–water partition coefficient (Wildman–Crippen LogP) is 4.61. The first-order valence-electron chi connectivity index (χ1n) is 8.54. The van der Waals surface area contributed by atoms with Gasteiger partial charge in [0, 0.05) is 18.1 Å². The molecule has 130 valence electrons. The van der Waals surface area contributed by atoms with Crippen molar-refractivity contribution >= 4 is 16.9 Å². The number of carbonyl (C=O) groups is 1. The topological polar surface area (TPSA) is 71.6 Å². The zero-order valence-electron chi connectivity index (χ0n) is 15.0. The first-order chi connectivity index (χ1) is 13.0. The van der Waals surface area contributed by atoms with Crippen LogP contribution < -0.4 is 0 Å². The molecule has 0 bridgehead atoms. The fourth-order valence-corrected chi connectivity index (χ4v) is 2.99. The molecule has 0 saturated carbocycles. The minimum Gasteiger partial charge on any atom is -0.273 e. The summed E-state index contributed by atoms with van der Waals surface area (Å²) in [6, 6.07) is 19.6. The maximum Gasteiger partial charge on any atom is 0.243 e. The maximum atomic E-state index is 11.7. The number of aryl methyl sites for hydroxylation is 1. The van der Waals surface area contributed by atoms with Crippen molar-refractivity contribution in [3.63, 3.8) is 0 Å². The van der Waals surface area contributed by atoms with Crippen molar-refractivity contribution in [2.75, 3.05) is 0 Å². The van der Waals surface area contributed by atoms with E-state index in [0.29, 0.717) is 16.6 Å². The molecular weight excluding hydrogens is 336 g/mol. The van der Waals surface area contributed by atoms with Crippen molar-refractivity contribution in [3.8, 4) is 28.5 Å². The number of hydrogen-bond donors (Lipinski definition) is 0. The number of carbonyl (C=O) groups excluding carboxylic acids is 1. The fourth-order valence-electron chi connectivity index (χ4n) is 2.99. The number of benzene rings is 2. The lowest BCUT2D eigenvalue weighted by atomic mass is 9.97. The fraction of sp³-hybridized carbons (Fsp3) is 0.0909. The van der Waals surface area contributed by atoms with Gasteiger partial charge in [-0.25, -0.2) is 9.67 Å². The Kier molecular flexibility index (Phi) is 4.02. The molecule has 0 atom stereocenters. The molecule has 2 aromatic heterocycles. The highest BCUT2D eigenvalue weighted by Crippen LogP contribution is 2.33. The number of rotatable bonds is 2. The Hall–Kier alpha value is -3.78. The molecule has 2 aromatic carbocycles. The Morgan fingerprint density at radius 2 is 1.67 bits per heavy atom. The lowest BCUT2D eigenvalue weighted by Gasteiger charge is -2.10. The van der Waals surface area contributed by atoms with E-state index in [9.17, 15) is 4.79 Å². The van der Waals surface area contributed by atoms with Gasteiger partial charge in [-0.1, -0.05) is 42.0 Å². The Bertz CT molecular complexity index is 1200. The zero-order valence-corrected chi connectivity index (χ0v) is 15.0. The Morgan fingerprint density at radius 3 is 2.30 bits per heavy atom. The van der Waals surface area contributed by atoms with Crippen molar-refractivity contribution < 1.29 is 4.79 Å². The van der Waals surface area contributed by atoms with Gasteiger partial charge in [-0.15, -0.1) is 0 Å². The van der Waals surface area contributed by atoms with E-state index in [2.05, 4.69) is 11.2 Å². The van der Waals surface area contributed by atoms with Crippen LogP contribution in [0.3, 0.4) is 0 Å². The monoisotopic (exact) mass is 352 g/mol.